The van der Waals surface area contributed by atoms with Gasteiger partial charge in [-0.2, -0.15) is 0 Å². The molecule has 3 N–H and O–H groups in total. The maximum atomic E-state index is 14.6. The van der Waals surface area contributed by atoms with Crippen molar-refractivity contribution >= 4 is 39.1 Å². The Hall–Kier alpha value is -4.38. The standard InChI is InChI=1S/C28H20FN3O/c1-16(17-6-3-2-4-7-17)31-25-9-5-8-21-22-13-18(10-11-24(22)32-27(21)25)19-12-20-15-30-28(33)26(20)23(29)14-19/h2-14,31-32H,1,15H2,(H,30,33). The van der Waals surface area contributed by atoms with Crippen molar-refractivity contribution < 1.29 is 9.18 Å². The van der Waals surface area contributed by atoms with E-state index >= 15 is 0 Å². The summed E-state index contributed by atoms with van der Waals surface area (Å²) >= 11 is 0. The fourth-order valence-electron chi connectivity index (χ4n) is 4.57. The number of halogens is 1. The zero-order valence-electron chi connectivity index (χ0n) is 17.7. The van der Waals surface area contributed by atoms with Crippen molar-refractivity contribution in [3.63, 3.8) is 0 Å². The lowest BCUT2D eigenvalue weighted by molar-refractivity contribution is 0.0962. The summed E-state index contributed by atoms with van der Waals surface area (Å²) in [5, 5.41) is 8.24. The van der Waals surface area contributed by atoms with Gasteiger partial charge in [-0.05, 0) is 52.6 Å². The normalized spacial score (nSPS) is 12.7. The molecule has 33 heavy (non-hydrogen) atoms. The molecule has 0 radical (unpaired) electrons. The third-order valence-electron chi connectivity index (χ3n) is 6.21. The third-order valence-corrected chi connectivity index (χ3v) is 6.21. The monoisotopic (exact) mass is 433 g/mol. The summed E-state index contributed by atoms with van der Waals surface area (Å²) in [7, 11) is 0. The van der Waals surface area contributed by atoms with E-state index in [1.54, 1.807) is 0 Å². The molecule has 0 saturated carbocycles. The number of H-pyrrole nitrogens is 1. The quantitative estimate of drug-likeness (QED) is 0.305. The number of benzene rings is 4. The van der Waals surface area contributed by atoms with Crippen LogP contribution in [-0.4, -0.2) is 10.9 Å². The first-order valence-electron chi connectivity index (χ1n) is 10.8. The number of fused-ring (bicyclic) bond motifs is 4. The van der Waals surface area contributed by atoms with E-state index in [9.17, 15) is 9.18 Å². The molecule has 5 aromatic rings. The molecule has 0 atom stereocenters. The molecule has 1 aromatic heterocycles. The molecule has 5 heteroatoms. The number of carbonyl (C=O) groups excluding carboxylic acids is 1. The Balaban J connectivity index is 1.43. The van der Waals surface area contributed by atoms with Crippen LogP contribution in [0.1, 0.15) is 21.5 Å². The molecular weight excluding hydrogens is 413 g/mol. The molecule has 0 saturated heterocycles. The average Bonchev–Trinajstić information content (AvgIpc) is 3.40. The molecule has 0 spiro atoms. The number of hydrogen-bond donors (Lipinski definition) is 3. The predicted molar refractivity (Wildman–Crippen MR) is 131 cm³/mol. The van der Waals surface area contributed by atoms with Gasteiger partial charge in [0.15, 0.2) is 0 Å². The summed E-state index contributed by atoms with van der Waals surface area (Å²) < 4.78 is 14.6. The number of aromatic nitrogens is 1. The van der Waals surface area contributed by atoms with E-state index in [2.05, 4.69) is 34.3 Å². The van der Waals surface area contributed by atoms with Crippen LogP contribution in [0.3, 0.4) is 0 Å². The molecule has 160 valence electrons. The van der Waals surface area contributed by atoms with E-state index in [4.69, 9.17) is 0 Å². The number of amides is 1. The zero-order chi connectivity index (χ0) is 22.5. The van der Waals surface area contributed by atoms with Gasteiger partial charge in [0, 0.05) is 28.5 Å². The van der Waals surface area contributed by atoms with Crippen LogP contribution in [0.5, 0.6) is 0 Å². The van der Waals surface area contributed by atoms with Crippen molar-refractivity contribution in [3.8, 4) is 11.1 Å². The van der Waals surface area contributed by atoms with Gasteiger partial charge in [0.1, 0.15) is 5.82 Å². The van der Waals surface area contributed by atoms with Crippen LogP contribution >= 0.6 is 0 Å². The first kappa shape index (κ1) is 19.3. The molecule has 1 aliphatic rings. The number of hydrogen-bond acceptors (Lipinski definition) is 2. The Labute approximate surface area is 189 Å². The maximum absolute atomic E-state index is 14.6. The van der Waals surface area contributed by atoms with Crippen LogP contribution in [0.25, 0.3) is 38.6 Å². The largest absolute Gasteiger partial charge is 0.354 e. The van der Waals surface area contributed by atoms with Crippen LogP contribution in [0.4, 0.5) is 10.1 Å². The number of anilines is 1. The van der Waals surface area contributed by atoms with Crippen molar-refractivity contribution in [1.82, 2.24) is 10.3 Å². The number of rotatable bonds is 4. The highest BCUT2D eigenvalue weighted by Crippen LogP contribution is 2.35. The second-order valence-corrected chi connectivity index (χ2v) is 8.26. The predicted octanol–water partition coefficient (Wildman–Crippen LogP) is 6.45. The Kier molecular flexibility index (Phi) is 4.30. The van der Waals surface area contributed by atoms with Gasteiger partial charge in [-0.15, -0.1) is 0 Å². The number of para-hydroxylation sites is 1. The summed E-state index contributed by atoms with van der Waals surface area (Å²) in [5.41, 5.74) is 7.26. The molecule has 4 nitrogen and oxygen atoms in total. The summed E-state index contributed by atoms with van der Waals surface area (Å²) in [6.45, 7) is 4.54. The van der Waals surface area contributed by atoms with Crippen LogP contribution in [0, 0.1) is 5.82 Å². The van der Waals surface area contributed by atoms with Gasteiger partial charge in [-0.1, -0.05) is 55.1 Å². The Bertz CT molecular complexity index is 1580. The van der Waals surface area contributed by atoms with Crippen molar-refractivity contribution in [3.05, 3.63) is 108 Å². The van der Waals surface area contributed by atoms with Crippen LogP contribution in [-0.2, 0) is 6.54 Å². The highest BCUT2D eigenvalue weighted by molar-refractivity contribution is 6.13. The third kappa shape index (κ3) is 3.17. The second kappa shape index (κ2) is 7.35. The number of nitrogens with one attached hydrogen (secondary N) is 3. The molecule has 4 aromatic carbocycles. The van der Waals surface area contributed by atoms with Crippen molar-refractivity contribution in [1.29, 1.82) is 0 Å². The second-order valence-electron chi connectivity index (χ2n) is 8.26. The average molecular weight is 433 g/mol. The molecule has 1 aliphatic heterocycles. The summed E-state index contributed by atoms with van der Waals surface area (Å²) in [5.74, 6) is -0.833. The fraction of sp³-hybridized carbons (Fsp3) is 0.0357. The minimum absolute atomic E-state index is 0.154. The number of aromatic amines is 1. The van der Waals surface area contributed by atoms with E-state index in [1.807, 2.05) is 60.7 Å². The van der Waals surface area contributed by atoms with Crippen molar-refractivity contribution in [2.24, 2.45) is 0 Å². The SMILES string of the molecule is C=C(Nc1cccc2c1[nH]c1ccc(-c3cc(F)c4c(c3)CNC4=O)cc12)c1ccccc1. The van der Waals surface area contributed by atoms with Gasteiger partial charge in [0.05, 0.1) is 16.8 Å². The van der Waals surface area contributed by atoms with E-state index in [0.717, 1.165) is 49.9 Å². The van der Waals surface area contributed by atoms with Gasteiger partial charge < -0.3 is 15.6 Å². The minimum Gasteiger partial charge on any atom is -0.354 e. The molecular formula is C28H20FN3O. The van der Waals surface area contributed by atoms with Gasteiger partial charge >= 0.3 is 0 Å². The number of carbonyl (C=O) groups is 1. The van der Waals surface area contributed by atoms with Crippen molar-refractivity contribution in [2.75, 3.05) is 5.32 Å². The topological polar surface area (TPSA) is 56.9 Å². The molecule has 0 aliphatic carbocycles. The van der Waals surface area contributed by atoms with E-state index in [0.29, 0.717) is 12.1 Å². The van der Waals surface area contributed by atoms with Crippen molar-refractivity contribution in [2.45, 2.75) is 6.54 Å². The molecule has 0 fully saturated rings. The lowest BCUT2D eigenvalue weighted by atomic mass is 9.98. The highest BCUT2D eigenvalue weighted by Gasteiger charge is 2.24. The van der Waals surface area contributed by atoms with Gasteiger partial charge in [-0.3, -0.25) is 4.79 Å². The van der Waals surface area contributed by atoms with Crippen LogP contribution < -0.4 is 10.6 Å². The molecule has 0 unspecified atom stereocenters. The maximum Gasteiger partial charge on any atom is 0.254 e. The molecule has 2 heterocycles. The first-order chi connectivity index (χ1) is 16.1. The molecule has 0 bridgehead atoms. The summed E-state index contributed by atoms with van der Waals surface area (Å²) in [4.78, 5) is 15.4. The van der Waals surface area contributed by atoms with Gasteiger partial charge in [0.25, 0.3) is 5.91 Å². The molecule has 1 amide bonds. The minimum atomic E-state index is -0.484. The highest BCUT2D eigenvalue weighted by atomic mass is 19.1. The van der Waals surface area contributed by atoms with Crippen LogP contribution in [0.2, 0.25) is 0 Å². The smallest absolute Gasteiger partial charge is 0.254 e. The van der Waals surface area contributed by atoms with E-state index in [1.165, 1.54) is 6.07 Å². The first-order valence-corrected chi connectivity index (χ1v) is 10.8. The zero-order valence-corrected chi connectivity index (χ0v) is 17.7. The Morgan fingerprint density at radius 3 is 2.61 bits per heavy atom. The van der Waals surface area contributed by atoms with E-state index in [-0.39, 0.29) is 11.5 Å². The van der Waals surface area contributed by atoms with Gasteiger partial charge in [0.2, 0.25) is 0 Å². The Morgan fingerprint density at radius 2 is 1.76 bits per heavy atom. The molecule has 6 rings (SSSR count). The van der Waals surface area contributed by atoms with E-state index < -0.39 is 5.82 Å². The summed E-state index contributed by atoms with van der Waals surface area (Å²) in [6.07, 6.45) is 0. The lowest BCUT2D eigenvalue weighted by Crippen LogP contribution is -2.13. The summed E-state index contributed by atoms with van der Waals surface area (Å²) in [6, 6.07) is 25.5. The fourth-order valence-corrected chi connectivity index (χ4v) is 4.57. The van der Waals surface area contributed by atoms with Crippen LogP contribution in [0.15, 0.2) is 85.4 Å². The van der Waals surface area contributed by atoms with Gasteiger partial charge in [-0.25, -0.2) is 4.39 Å². The lowest BCUT2D eigenvalue weighted by Gasteiger charge is -2.10. The Morgan fingerprint density at radius 1 is 0.909 bits per heavy atom.